The van der Waals surface area contributed by atoms with Crippen LogP contribution in [-0.2, 0) is 0 Å². The van der Waals surface area contributed by atoms with Crippen molar-refractivity contribution in [3.05, 3.63) is 63.8 Å². The van der Waals surface area contributed by atoms with E-state index in [2.05, 4.69) is 18.7 Å². The van der Waals surface area contributed by atoms with Crippen molar-refractivity contribution < 1.29 is 14.3 Å². The van der Waals surface area contributed by atoms with Gasteiger partial charge in [-0.3, -0.25) is 4.79 Å². The lowest BCUT2D eigenvalue weighted by atomic mass is 9.83. The number of aromatic carboxylic acids is 1. The normalized spacial score (nSPS) is 15.8. The number of carbonyl (C=O) groups is 1. The van der Waals surface area contributed by atoms with Gasteiger partial charge in [-0.15, -0.1) is 0 Å². The van der Waals surface area contributed by atoms with Crippen molar-refractivity contribution in [1.29, 1.82) is 0 Å². The number of fused-ring (bicyclic) bond motifs is 1. The summed E-state index contributed by atoms with van der Waals surface area (Å²) in [7, 11) is 1.80. The minimum Gasteiger partial charge on any atom is -0.478 e. The van der Waals surface area contributed by atoms with Crippen LogP contribution in [0.1, 0.15) is 42.6 Å². The van der Waals surface area contributed by atoms with Gasteiger partial charge in [-0.05, 0) is 55.0 Å². The Balaban J connectivity index is 1.85. The fourth-order valence-corrected chi connectivity index (χ4v) is 4.18. The molecule has 0 unspecified atom stereocenters. The van der Waals surface area contributed by atoms with Gasteiger partial charge in [-0.2, -0.15) is 0 Å². The number of benzene rings is 2. The van der Waals surface area contributed by atoms with Crippen LogP contribution in [0.4, 0.5) is 17.3 Å². The van der Waals surface area contributed by atoms with E-state index in [1.165, 1.54) is 0 Å². The van der Waals surface area contributed by atoms with E-state index in [1.807, 2.05) is 19.1 Å². The Morgan fingerprint density at radius 3 is 2.45 bits per heavy atom. The van der Waals surface area contributed by atoms with Gasteiger partial charge in [0, 0.05) is 26.2 Å². The lowest BCUT2D eigenvalue weighted by Gasteiger charge is -2.37. The van der Waals surface area contributed by atoms with Crippen LogP contribution in [-0.4, -0.2) is 31.2 Å². The number of rotatable bonds is 4. The van der Waals surface area contributed by atoms with Crippen LogP contribution >= 0.6 is 0 Å². The Labute approximate surface area is 181 Å². The molecule has 0 radical (unpaired) electrons. The maximum atomic E-state index is 13.0. The second-order valence-electron chi connectivity index (χ2n) is 9.14. The first-order valence-corrected chi connectivity index (χ1v) is 10.6. The van der Waals surface area contributed by atoms with Gasteiger partial charge in [-0.1, -0.05) is 26.0 Å². The van der Waals surface area contributed by atoms with Gasteiger partial charge in [0.15, 0.2) is 16.9 Å². The third kappa shape index (κ3) is 4.02. The molecule has 1 aliphatic rings. The van der Waals surface area contributed by atoms with Crippen LogP contribution < -0.4 is 15.2 Å². The molecule has 3 aromatic rings. The number of anilines is 3. The summed E-state index contributed by atoms with van der Waals surface area (Å²) >= 11 is 0. The highest BCUT2D eigenvalue weighted by molar-refractivity contribution is 5.98. The molecule has 1 aliphatic heterocycles. The van der Waals surface area contributed by atoms with Crippen LogP contribution in [0.3, 0.4) is 0 Å². The number of carboxylic acid groups (broad SMARTS) is 1. The summed E-state index contributed by atoms with van der Waals surface area (Å²) < 4.78 is 6.32. The number of nitrogens with zero attached hydrogens (tertiary/aromatic N) is 2. The number of hydrogen-bond acceptors (Lipinski definition) is 5. The van der Waals surface area contributed by atoms with Gasteiger partial charge in [0.2, 0.25) is 0 Å². The summed E-state index contributed by atoms with van der Waals surface area (Å²) in [5.74, 6) is -0.435. The number of hydrogen-bond donors (Lipinski definition) is 1. The van der Waals surface area contributed by atoms with Gasteiger partial charge in [0.25, 0.3) is 0 Å². The molecule has 0 bridgehead atoms. The highest BCUT2D eigenvalue weighted by Gasteiger charge is 2.27. The molecule has 4 rings (SSSR count). The average molecular weight is 421 g/mol. The monoisotopic (exact) mass is 420 g/mol. The Morgan fingerprint density at radius 1 is 1.10 bits per heavy atom. The summed E-state index contributed by atoms with van der Waals surface area (Å²) in [5, 5.41) is 10.1. The molecule has 0 atom stereocenters. The molecular weight excluding hydrogens is 392 g/mol. The SMILES string of the molecule is Cc1cc(N(C)c2ccccc2C(=O)O)c2oc(N3CCC(C)(C)CC3)cc(=O)c2c1. The summed E-state index contributed by atoms with van der Waals surface area (Å²) in [4.78, 5) is 28.7. The molecule has 1 saturated heterocycles. The lowest BCUT2D eigenvalue weighted by Crippen LogP contribution is -2.37. The summed E-state index contributed by atoms with van der Waals surface area (Å²) in [5.41, 5.74) is 2.97. The Bertz CT molecular complexity index is 1200. The highest BCUT2D eigenvalue weighted by Crippen LogP contribution is 2.36. The molecule has 0 amide bonds. The van der Waals surface area contributed by atoms with Crippen LogP contribution in [0.2, 0.25) is 0 Å². The Hall–Kier alpha value is -3.28. The van der Waals surface area contributed by atoms with Gasteiger partial charge in [-0.25, -0.2) is 4.79 Å². The molecule has 0 aliphatic carbocycles. The van der Waals surface area contributed by atoms with Crippen LogP contribution in [0.5, 0.6) is 0 Å². The van der Waals surface area contributed by atoms with Crippen LogP contribution in [0.25, 0.3) is 11.0 Å². The number of aryl methyl sites for hydroxylation is 1. The molecule has 6 nitrogen and oxygen atoms in total. The van der Waals surface area contributed by atoms with E-state index in [4.69, 9.17) is 4.42 Å². The summed E-state index contributed by atoms with van der Waals surface area (Å²) in [6, 6.07) is 12.2. The van der Waals surface area contributed by atoms with Gasteiger partial charge < -0.3 is 19.3 Å². The second-order valence-corrected chi connectivity index (χ2v) is 9.14. The smallest absolute Gasteiger partial charge is 0.337 e. The molecule has 2 aromatic carbocycles. The van der Waals surface area contributed by atoms with E-state index in [0.29, 0.717) is 28.2 Å². The van der Waals surface area contributed by atoms with Crippen LogP contribution in [0, 0.1) is 12.3 Å². The first-order valence-electron chi connectivity index (χ1n) is 10.6. The molecule has 6 heteroatoms. The van der Waals surface area contributed by atoms with E-state index in [0.717, 1.165) is 31.5 Å². The maximum absolute atomic E-state index is 13.0. The van der Waals surface area contributed by atoms with Gasteiger partial charge >= 0.3 is 5.97 Å². The largest absolute Gasteiger partial charge is 0.478 e. The van der Waals surface area contributed by atoms with Crippen molar-refractivity contribution in [2.45, 2.75) is 33.6 Å². The van der Waals surface area contributed by atoms with E-state index in [1.54, 1.807) is 42.3 Å². The quantitative estimate of drug-likeness (QED) is 0.626. The van der Waals surface area contributed by atoms with E-state index >= 15 is 0 Å². The number of carboxylic acids is 1. The fourth-order valence-electron chi connectivity index (χ4n) is 4.18. The van der Waals surface area contributed by atoms with E-state index in [-0.39, 0.29) is 16.4 Å². The zero-order valence-electron chi connectivity index (χ0n) is 18.4. The van der Waals surface area contributed by atoms with Gasteiger partial charge in [0.1, 0.15) is 0 Å². The molecule has 1 fully saturated rings. The molecule has 1 N–H and O–H groups in total. The second kappa shape index (κ2) is 7.76. The number of para-hydroxylation sites is 1. The van der Waals surface area contributed by atoms with E-state index in [9.17, 15) is 14.7 Å². The predicted molar refractivity (Wildman–Crippen MR) is 124 cm³/mol. The summed E-state index contributed by atoms with van der Waals surface area (Å²) in [6.45, 7) is 8.11. The molecule has 0 spiro atoms. The maximum Gasteiger partial charge on any atom is 0.337 e. The molecule has 162 valence electrons. The summed E-state index contributed by atoms with van der Waals surface area (Å²) in [6.07, 6.45) is 2.06. The van der Waals surface area contributed by atoms with Crippen molar-refractivity contribution in [3.63, 3.8) is 0 Å². The third-order valence-electron chi connectivity index (χ3n) is 6.23. The Kier molecular flexibility index (Phi) is 5.25. The van der Waals surface area contributed by atoms with Crippen molar-refractivity contribution in [3.8, 4) is 0 Å². The van der Waals surface area contributed by atoms with Crippen molar-refractivity contribution >= 4 is 34.2 Å². The van der Waals surface area contributed by atoms with Crippen molar-refractivity contribution in [2.75, 3.05) is 29.9 Å². The van der Waals surface area contributed by atoms with E-state index < -0.39 is 5.97 Å². The molecule has 1 aromatic heterocycles. The molecule has 2 heterocycles. The fraction of sp³-hybridized carbons (Fsp3) is 0.360. The lowest BCUT2D eigenvalue weighted by molar-refractivity contribution is 0.0697. The minimum atomic E-state index is -1.00. The average Bonchev–Trinajstić information content (AvgIpc) is 2.73. The minimum absolute atomic E-state index is 0.0917. The zero-order chi connectivity index (χ0) is 22.3. The standard InChI is InChI=1S/C25H28N2O4/c1-16-13-18-21(28)15-22(27-11-9-25(2,3)10-12-27)31-23(18)20(14-16)26(4)19-8-6-5-7-17(19)24(29)30/h5-8,13-15H,9-12H2,1-4H3,(H,29,30). The first kappa shape index (κ1) is 21.0. The zero-order valence-corrected chi connectivity index (χ0v) is 18.4. The predicted octanol–water partition coefficient (Wildman–Crippen LogP) is 5.19. The Morgan fingerprint density at radius 2 is 1.77 bits per heavy atom. The molecular formula is C25H28N2O4. The number of piperidine rings is 1. The molecule has 31 heavy (non-hydrogen) atoms. The van der Waals surface area contributed by atoms with Crippen LogP contribution in [0.15, 0.2) is 51.7 Å². The topological polar surface area (TPSA) is 74.0 Å². The third-order valence-corrected chi connectivity index (χ3v) is 6.23. The molecule has 0 saturated carbocycles. The van der Waals surface area contributed by atoms with Crippen molar-refractivity contribution in [1.82, 2.24) is 0 Å². The van der Waals surface area contributed by atoms with Gasteiger partial charge in [0.05, 0.1) is 22.3 Å². The van der Waals surface area contributed by atoms with Crippen molar-refractivity contribution in [2.24, 2.45) is 5.41 Å². The first-order chi connectivity index (χ1) is 14.7. The highest BCUT2D eigenvalue weighted by atomic mass is 16.4.